The van der Waals surface area contributed by atoms with Crippen LogP contribution in [0.1, 0.15) is 49.5 Å². The number of para-hydroxylation sites is 1. The maximum absolute atomic E-state index is 13.4. The molecule has 3 N–H and O–H groups in total. The largest absolute Gasteiger partial charge is 0.480 e. The zero-order valence-electron chi connectivity index (χ0n) is 19.9. The summed E-state index contributed by atoms with van der Waals surface area (Å²) in [7, 11) is 0. The molecule has 1 aliphatic carbocycles. The molecule has 0 radical (unpaired) electrons. The lowest BCUT2D eigenvalue weighted by Crippen LogP contribution is -2.55. The highest BCUT2D eigenvalue weighted by Crippen LogP contribution is 2.37. The van der Waals surface area contributed by atoms with Crippen molar-refractivity contribution in [2.45, 2.75) is 46.6 Å². The second kappa shape index (κ2) is 10.1. The summed E-state index contributed by atoms with van der Waals surface area (Å²) >= 11 is 0. The van der Waals surface area contributed by atoms with E-state index in [1.165, 1.54) is 0 Å². The van der Waals surface area contributed by atoms with Crippen molar-refractivity contribution in [3.8, 4) is 0 Å². The number of urea groups is 1. The van der Waals surface area contributed by atoms with Crippen molar-refractivity contribution >= 4 is 35.1 Å². The lowest BCUT2D eigenvalue weighted by molar-refractivity contribution is -0.142. The number of carbonyl (C=O) groups excluding carboxylic acids is 3. The lowest BCUT2D eigenvalue weighted by Gasteiger charge is -2.38. The van der Waals surface area contributed by atoms with Crippen LogP contribution in [0.25, 0.3) is 0 Å². The van der Waals surface area contributed by atoms with Crippen molar-refractivity contribution in [2.24, 2.45) is 11.3 Å². The molecule has 2 aromatic carbocycles. The van der Waals surface area contributed by atoms with Crippen LogP contribution in [0.15, 0.2) is 48.5 Å². The molecule has 1 fully saturated rings. The molecule has 3 rings (SSSR count). The number of aliphatic carboxylic acids is 1. The number of nitrogens with zero attached hydrogens (tertiary/aromatic N) is 1. The van der Waals surface area contributed by atoms with Crippen LogP contribution in [0.3, 0.4) is 0 Å². The first kappa shape index (κ1) is 25.0. The number of Topliss-reactive ketones (excluding diaryl/α,β-unsaturated/α-hetero) is 1. The number of carboxylic acids is 1. The normalized spacial score (nSPS) is 14.1. The molecule has 1 unspecified atom stereocenters. The van der Waals surface area contributed by atoms with E-state index in [4.69, 9.17) is 0 Å². The molecule has 2 aromatic rings. The second-order valence-electron chi connectivity index (χ2n) is 9.70. The first-order valence-electron chi connectivity index (χ1n) is 11.3. The number of hydrogen-bond acceptors (Lipinski definition) is 4. The van der Waals surface area contributed by atoms with E-state index in [1.54, 1.807) is 63.2 Å². The van der Waals surface area contributed by atoms with Gasteiger partial charge in [0.15, 0.2) is 5.78 Å². The van der Waals surface area contributed by atoms with Crippen LogP contribution < -0.4 is 15.5 Å². The van der Waals surface area contributed by atoms with Gasteiger partial charge >= 0.3 is 12.0 Å². The fourth-order valence-corrected chi connectivity index (χ4v) is 3.88. The molecule has 8 heteroatoms. The van der Waals surface area contributed by atoms with Crippen molar-refractivity contribution in [1.29, 1.82) is 0 Å². The number of aryl methyl sites for hydroxylation is 1. The smallest absolute Gasteiger partial charge is 0.327 e. The summed E-state index contributed by atoms with van der Waals surface area (Å²) in [4.78, 5) is 52.2. The predicted molar refractivity (Wildman–Crippen MR) is 130 cm³/mol. The summed E-state index contributed by atoms with van der Waals surface area (Å²) < 4.78 is 0. The molecule has 3 amide bonds. The summed E-state index contributed by atoms with van der Waals surface area (Å²) in [6.45, 7) is 6.60. The summed E-state index contributed by atoms with van der Waals surface area (Å²) in [6, 6.07) is 11.9. The van der Waals surface area contributed by atoms with Gasteiger partial charge in [0.1, 0.15) is 6.04 Å². The van der Waals surface area contributed by atoms with Crippen molar-refractivity contribution in [1.82, 2.24) is 5.32 Å². The molecule has 1 aliphatic rings. The predicted octanol–water partition coefficient (Wildman–Crippen LogP) is 4.24. The Hall–Kier alpha value is -3.68. The molecule has 0 bridgehead atoms. The zero-order valence-corrected chi connectivity index (χ0v) is 19.9. The van der Waals surface area contributed by atoms with Gasteiger partial charge in [-0.1, -0.05) is 45.0 Å². The van der Waals surface area contributed by atoms with E-state index in [-0.39, 0.29) is 17.4 Å². The van der Waals surface area contributed by atoms with E-state index in [1.807, 2.05) is 13.0 Å². The van der Waals surface area contributed by atoms with Crippen molar-refractivity contribution < 1.29 is 24.3 Å². The molecule has 8 nitrogen and oxygen atoms in total. The minimum Gasteiger partial charge on any atom is -0.480 e. The Morgan fingerprint density at radius 3 is 2.32 bits per heavy atom. The van der Waals surface area contributed by atoms with Crippen LogP contribution in [0, 0.1) is 18.3 Å². The second-order valence-corrected chi connectivity index (χ2v) is 9.70. The van der Waals surface area contributed by atoms with Crippen LogP contribution in [0.5, 0.6) is 0 Å². The number of nitrogens with one attached hydrogen (secondary N) is 2. The minimum atomic E-state index is -1.25. The number of anilines is 2. The fraction of sp³-hybridized carbons (Fsp3) is 0.385. The highest BCUT2D eigenvalue weighted by molar-refractivity contribution is 6.10. The summed E-state index contributed by atoms with van der Waals surface area (Å²) in [5.74, 6) is -2.03. The third-order valence-corrected chi connectivity index (χ3v) is 5.63. The van der Waals surface area contributed by atoms with E-state index in [2.05, 4.69) is 10.6 Å². The summed E-state index contributed by atoms with van der Waals surface area (Å²) in [6.07, 6.45) is 1.56. The maximum atomic E-state index is 13.4. The van der Waals surface area contributed by atoms with E-state index in [0.717, 1.165) is 23.3 Å². The molecular weight excluding hydrogens is 434 g/mol. The van der Waals surface area contributed by atoms with Gasteiger partial charge in [-0.2, -0.15) is 0 Å². The minimum absolute atomic E-state index is 0.100. The van der Waals surface area contributed by atoms with Crippen LogP contribution in [-0.4, -0.2) is 41.4 Å². The molecule has 1 atom stereocenters. The van der Waals surface area contributed by atoms with E-state index < -0.39 is 35.9 Å². The van der Waals surface area contributed by atoms with Crippen molar-refractivity contribution in [2.75, 3.05) is 16.8 Å². The average molecular weight is 466 g/mol. The topological polar surface area (TPSA) is 116 Å². The number of rotatable bonds is 8. The lowest BCUT2D eigenvalue weighted by atomic mass is 9.84. The quantitative estimate of drug-likeness (QED) is 0.504. The van der Waals surface area contributed by atoms with Crippen LogP contribution in [-0.2, 0) is 9.59 Å². The van der Waals surface area contributed by atoms with Gasteiger partial charge in [0.2, 0.25) is 5.91 Å². The van der Waals surface area contributed by atoms with Crippen LogP contribution in [0.2, 0.25) is 0 Å². The van der Waals surface area contributed by atoms with Gasteiger partial charge in [-0.05, 0) is 55.0 Å². The molecule has 0 spiro atoms. The highest BCUT2D eigenvalue weighted by Gasteiger charge is 2.42. The van der Waals surface area contributed by atoms with E-state index in [0.29, 0.717) is 11.3 Å². The standard InChI is InChI=1S/C26H31N3O5/c1-16-8-7-9-18(14-16)28-25(34)27-15-21(30)29(23(24(32)33)26(2,3)4)20-11-6-5-10-19(20)22(31)17-12-13-17/h5-11,14,17,23H,12-13,15H2,1-4H3,(H,32,33)(H2,27,28,34). The van der Waals surface area contributed by atoms with Gasteiger partial charge in [-0.15, -0.1) is 0 Å². The molecule has 1 saturated carbocycles. The molecule has 180 valence electrons. The van der Waals surface area contributed by atoms with E-state index >= 15 is 0 Å². The van der Waals surface area contributed by atoms with Gasteiger partial charge in [-0.3, -0.25) is 14.5 Å². The Morgan fingerprint density at radius 1 is 1.06 bits per heavy atom. The number of ketones is 1. The Bertz CT molecular complexity index is 1100. The Morgan fingerprint density at radius 2 is 1.74 bits per heavy atom. The average Bonchev–Trinajstić information content (AvgIpc) is 3.59. The van der Waals surface area contributed by atoms with Gasteiger partial charge in [0.05, 0.1) is 12.2 Å². The third-order valence-electron chi connectivity index (χ3n) is 5.63. The van der Waals surface area contributed by atoms with Gasteiger partial charge in [0.25, 0.3) is 0 Å². The van der Waals surface area contributed by atoms with Crippen LogP contribution in [0.4, 0.5) is 16.2 Å². The summed E-state index contributed by atoms with van der Waals surface area (Å²) in [5.41, 5.74) is 1.25. The molecule has 34 heavy (non-hydrogen) atoms. The van der Waals surface area contributed by atoms with Crippen molar-refractivity contribution in [3.63, 3.8) is 0 Å². The Kier molecular flexibility index (Phi) is 7.39. The summed E-state index contributed by atoms with van der Waals surface area (Å²) in [5, 5.41) is 15.2. The molecule has 0 aromatic heterocycles. The van der Waals surface area contributed by atoms with Crippen molar-refractivity contribution in [3.05, 3.63) is 59.7 Å². The first-order chi connectivity index (χ1) is 16.0. The van der Waals surface area contributed by atoms with Crippen LogP contribution >= 0.6 is 0 Å². The highest BCUT2D eigenvalue weighted by atomic mass is 16.4. The molecule has 0 heterocycles. The zero-order chi connectivity index (χ0) is 25.0. The number of benzene rings is 2. The van der Waals surface area contributed by atoms with Gasteiger partial charge < -0.3 is 15.7 Å². The number of carboxylic acid groups (broad SMARTS) is 1. The number of hydrogen-bond donors (Lipinski definition) is 3. The van der Waals surface area contributed by atoms with Gasteiger partial charge in [0, 0.05) is 17.2 Å². The maximum Gasteiger partial charge on any atom is 0.327 e. The molecule has 0 aliphatic heterocycles. The molecule has 0 saturated heterocycles. The Labute approximate surface area is 199 Å². The third kappa shape index (κ3) is 6.01. The molecular formula is C26H31N3O5. The SMILES string of the molecule is Cc1cccc(NC(=O)NCC(=O)N(c2ccccc2C(=O)C2CC2)C(C(=O)O)C(C)(C)C)c1. The Balaban J connectivity index is 1.88. The number of amides is 3. The number of carbonyl (C=O) groups is 4. The van der Waals surface area contributed by atoms with E-state index in [9.17, 15) is 24.3 Å². The monoisotopic (exact) mass is 465 g/mol. The fourth-order valence-electron chi connectivity index (χ4n) is 3.88. The van der Waals surface area contributed by atoms with Gasteiger partial charge in [-0.25, -0.2) is 9.59 Å². The first-order valence-corrected chi connectivity index (χ1v) is 11.3.